The summed E-state index contributed by atoms with van der Waals surface area (Å²) in [6, 6.07) is 10.2. The van der Waals surface area contributed by atoms with Crippen LogP contribution in [0.2, 0.25) is 0 Å². The van der Waals surface area contributed by atoms with Crippen LogP contribution in [0.25, 0.3) is 6.08 Å². The van der Waals surface area contributed by atoms with E-state index in [0.29, 0.717) is 0 Å². The Morgan fingerprint density at radius 2 is 1.93 bits per heavy atom. The molecule has 14 heavy (non-hydrogen) atoms. The zero-order valence-corrected chi connectivity index (χ0v) is 8.83. The summed E-state index contributed by atoms with van der Waals surface area (Å²) in [6.45, 7) is 4.14. The van der Waals surface area contributed by atoms with E-state index in [1.165, 1.54) is 5.56 Å². The Morgan fingerprint density at radius 3 is 2.50 bits per heavy atom. The van der Waals surface area contributed by atoms with Crippen LogP contribution in [0.4, 0.5) is 0 Å². The summed E-state index contributed by atoms with van der Waals surface area (Å²) in [6.07, 6.45) is 10.6. The van der Waals surface area contributed by atoms with Gasteiger partial charge in [-0.25, -0.2) is 0 Å². The first-order valence-corrected chi connectivity index (χ1v) is 4.83. The third kappa shape index (κ3) is 3.49. The number of terminal acetylenes is 1. The first-order valence-electron chi connectivity index (χ1n) is 4.83. The molecule has 0 amide bonds. The summed E-state index contributed by atoms with van der Waals surface area (Å²) in [5.41, 5.74) is 1.19. The molecule has 0 unspecified atom stereocenters. The second-order valence-electron chi connectivity index (χ2n) is 4.05. The molecule has 1 aromatic rings. The van der Waals surface area contributed by atoms with Crippen molar-refractivity contribution in [3.63, 3.8) is 0 Å². The van der Waals surface area contributed by atoms with Gasteiger partial charge in [-0.1, -0.05) is 42.5 Å². The summed E-state index contributed by atoms with van der Waals surface area (Å²) in [5, 5.41) is 0. The van der Waals surface area contributed by atoms with Crippen LogP contribution in [-0.4, -0.2) is 0 Å². The Hall–Kier alpha value is -1.48. The molecule has 1 rings (SSSR count). The predicted octanol–water partition coefficient (Wildman–Crippen LogP) is 3.75. The number of allylic oxidation sites excluding steroid dienone is 1. The number of rotatable bonds is 3. The predicted molar refractivity (Wildman–Crippen MR) is 62.7 cm³/mol. The van der Waals surface area contributed by atoms with Crippen molar-refractivity contribution < 1.29 is 0 Å². The van der Waals surface area contributed by atoms with Crippen molar-refractivity contribution in [1.82, 2.24) is 0 Å². The van der Waals surface area contributed by atoms with Crippen molar-refractivity contribution in [2.45, 2.75) is 20.3 Å². The maximum Gasteiger partial charge on any atom is 0.0290 e. The summed E-state index contributed by atoms with van der Waals surface area (Å²) in [7, 11) is 0. The topological polar surface area (TPSA) is 0 Å². The second-order valence-corrected chi connectivity index (χ2v) is 4.05. The minimum atomic E-state index is -0.0364. The van der Waals surface area contributed by atoms with Crippen molar-refractivity contribution in [2.24, 2.45) is 5.41 Å². The molecule has 0 heteroatoms. The molecule has 0 nitrogen and oxygen atoms in total. The van der Waals surface area contributed by atoms with Crippen LogP contribution in [0, 0.1) is 17.8 Å². The van der Waals surface area contributed by atoms with E-state index in [-0.39, 0.29) is 5.41 Å². The lowest BCUT2D eigenvalue weighted by Gasteiger charge is -2.13. The van der Waals surface area contributed by atoms with Crippen molar-refractivity contribution in [3.8, 4) is 12.3 Å². The molecule has 0 N–H and O–H groups in total. The molecule has 0 aliphatic carbocycles. The van der Waals surface area contributed by atoms with Crippen molar-refractivity contribution in [3.05, 3.63) is 42.0 Å². The molecule has 0 saturated carbocycles. The van der Waals surface area contributed by atoms with Gasteiger partial charge in [0, 0.05) is 5.41 Å². The van der Waals surface area contributed by atoms with Gasteiger partial charge >= 0.3 is 0 Å². The second kappa shape index (κ2) is 4.67. The SMILES string of the molecule is C#CC(C)(C)C/C=C/c1ccccc1. The molecule has 0 aliphatic heterocycles. The Labute approximate surface area is 86.7 Å². The van der Waals surface area contributed by atoms with Crippen LogP contribution < -0.4 is 0 Å². The summed E-state index contributed by atoms with van der Waals surface area (Å²) in [5.74, 6) is 2.78. The third-order valence-corrected chi connectivity index (χ3v) is 2.13. The van der Waals surface area contributed by atoms with E-state index in [2.05, 4.69) is 44.1 Å². The Kier molecular flexibility index (Phi) is 3.54. The average molecular weight is 184 g/mol. The fraction of sp³-hybridized carbons (Fsp3) is 0.286. The molecule has 0 aromatic heterocycles. The molecule has 0 atom stereocenters. The number of hydrogen-bond acceptors (Lipinski definition) is 0. The number of benzene rings is 1. The summed E-state index contributed by atoms with van der Waals surface area (Å²) in [4.78, 5) is 0. The van der Waals surface area contributed by atoms with Gasteiger partial charge in [-0.05, 0) is 25.8 Å². The maximum absolute atomic E-state index is 5.40. The molecular weight excluding hydrogens is 168 g/mol. The highest BCUT2D eigenvalue weighted by molar-refractivity contribution is 5.48. The molecule has 0 heterocycles. The summed E-state index contributed by atoms with van der Waals surface area (Å²) >= 11 is 0. The van der Waals surface area contributed by atoms with E-state index in [4.69, 9.17) is 6.42 Å². The zero-order valence-electron chi connectivity index (χ0n) is 8.83. The van der Waals surface area contributed by atoms with Crippen LogP contribution in [0.5, 0.6) is 0 Å². The minimum absolute atomic E-state index is 0.0364. The molecule has 1 aromatic carbocycles. The van der Waals surface area contributed by atoms with E-state index in [0.717, 1.165) is 6.42 Å². The largest absolute Gasteiger partial charge is 0.120 e. The van der Waals surface area contributed by atoms with Gasteiger partial charge in [-0.15, -0.1) is 12.3 Å². The van der Waals surface area contributed by atoms with Gasteiger partial charge in [0.1, 0.15) is 0 Å². The third-order valence-electron chi connectivity index (χ3n) is 2.13. The lowest BCUT2D eigenvalue weighted by molar-refractivity contribution is 0.514. The minimum Gasteiger partial charge on any atom is -0.120 e. The molecule has 0 bridgehead atoms. The van der Waals surface area contributed by atoms with Gasteiger partial charge in [0.05, 0.1) is 0 Å². The fourth-order valence-corrected chi connectivity index (χ4v) is 1.11. The quantitative estimate of drug-likeness (QED) is 0.628. The van der Waals surface area contributed by atoms with Crippen LogP contribution >= 0.6 is 0 Å². The van der Waals surface area contributed by atoms with Gasteiger partial charge in [-0.3, -0.25) is 0 Å². The lowest BCUT2D eigenvalue weighted by Crippen LogP contribution is -2.04. The van der Waals surface area contributed by atoms with Crippen LogP contribution in [0.1, 0.15) is 25.8 Å². The van der Waals surface area contributed by atoms with Gasteiger partial charge in [-0.2, -0.15) is 0 Å². The van der Waals surface area contributed by atoms with Crippen LogP contribution in [0.15, 0.2) is 36.4 Å². The van der Waals surface area contributed by atoms with E-state index < -0.39 is 0 Å². The maximum atomic E-state index is 5.40. The molecular formula is C14H16. The fourth-order valence-electron chi connectivity index (χ4n) is 1.11. The van der Waals surface area contributed by atoms with E-state index in [1.807, 2.05) is 18.2 Å². The summed E-state index contributed by atoms with van der Waals surface area (Å²) < 4.78 is 0. The highest BCUT2D eigenvalue weighted by Crippen LogP contribution is 2.19. The molecule has 0 spiro atoms. The first kappa shape index (κ1) is 10.6. The standard InChI is InChI=1S/C14H16/c1-4-14(2,3)12-8-11-13-9-6-5-7-10-13/h1,5-11H,12H2,2-3H3/b11-8+. The molecule has 72 valence electrons. The van der Waals surface area contributed by atoms with Gasteiger partial charge < -0.3 is 0 Å². The van der Waals surface area contributed by atoms with Gasteiger partial charge in [0.2, 0.25) is 0 Å². The van der Waals surface area contributed by atoms with Crippen LogP contribution in [0.3, 0.4) is 0 Å². The first-order chi connectivity index (χ1) is 6.64. The molecule has 0 fully saturated rings. The van der Waals surface area contributed by atoms with E-state index in [9.17, 15) is 0 Å². The Morgan fingerprint density at radius 1 is 1.29 bits per heavy atom. The van der Waals surface area contributed by atoms with Crippen molar-refractivity contribution in [2.75, 3.05) is 0 Å². The zero-order chi connectivity index (χ0) is 10.4. The highest BCUT2D eigenvalue weighted by atomic mass is 14.1. The molecule has 0 radical (unpaired) electrons. The van der Waals surface area contributed by atoms with Crippen molar-refractivity contribution >= 4 is 6.08 Å². The molecule has 0 aliphatic rings. The highest BCUT2D eigenvalue weighted by Gasteiger charge is 2.10. The van der Waals surface area contributed by atoms with E-state index >= 15 is 0 Å². The smallest absolute Gasteiger partial charge is 0.0290 e. The van der Waals surface area contributed by atoms with Crippen molar-refractivity contribution in [1.29, 1.82) is 0 Å². The lowest BCUT2D eigenvalue weighted by atomic mass is 9.90. The Balaban J connectivity index is 2.55. The normalized spacial score (nSPS) is 11.5. The van der Waals surface area contributed by atoms with Gasteiger partial charge in [0.25, 0.3) is 0 Å². The van der Waals surface area contributed by atoms with Crippen LogP contribution in [-0.2, 0) is 0 Å². The Bertz CT molecular complexity index is 336. The van der Waals surface area contributed by atoms with E-state index in [1.54, 1.807) is 0 Å². The number of hydrogen-bond donors (Lipinski definition) is 0. The monoisotopic (exact) mass is 184 g/mol. The molecule has 0 saturated heterocycles. The average Bonchev–Trinajstić information content (AvgIpc) is 2.19. The van der Waals surface area contributed by atoms with Gasteiger partial charge in [0.15, 0.2) is 0 Å².